The highest BCUT2D eigenvalue weighted by molar-refractivity contribution is 7.89. The van der Waals surface area contributed by atoms with Crippen LogP contribution >= 0.6 is 11.3 Å². The number of anilines is 1. The molecule has 0 fully saturated rings. The molecule has 0 radical (unpaired) electrons. The van der Waals surface area contributed by atoms with E-state index in [0.29, 0.717) is 11.4 Å². The van der Waals surface area contributed by atoms with E-state index < -0.39 is 10.0 Å². The molecule has 1 aliphatic rings. The van der Waals surface area contributed by atoms with E-state index in [4.69, 9.17) is 0 Å². The van der Waals surface area contributed by atoms with Crippen LogP contribution in [0.15, 0.2) is 53.4 Å². The van der Waals surface area contributed by atoms with Crippen molar-refractivity contribution >= 4 is 43.0 Å². The minimum absolute atomic E-state index is 0.0274. The molecule has 0 N–H and O–H groups in total. The van der Waals surface area contributed by atoms with E-state index >= 15 is 0 Å². The Morgan fingerprint density at radius 3 is 2.63 bits per heavy atom. The highest BCUT2D eigenvalue weighted by Crippen LogP contribution is 2.33. The summed E-state index contributed by atoms with van der Waals surface area (Å²) in [4.78, 5) is 15.9. The number of aryl methyl sites for hydroxylation is 1. The van der Waals surface area contributed by atoms with Gasteiger partial charge in [0.05, 0.1) is 9.77 Å². The van der Waals surface area contributed by atoms with Gasteiger partial charge in [-0.3, -0.25) is 4.79 Å². The van der Waals surface area contributed by atoms with Crippen molar-refractivity contribution in [1.82, 2.24) is 4.31 Å². The van der Waals surface area contributed by atoms with Crippen LogP contribution in [0.1, 0.15) is 21.7 Å². The quantitative estimate of drug-likeness (QED) is 0.673. The Bertz CT molecular complexity index is 1100. The van der Waals surface area contributed by atoms with E-state index in [9.17, 15) is 13.2 Å². The van der Waals surface area contributed by atoms with Crippen LogP contribution in [0.4, 0.5) is 5.69 Å². The molecule has 2 heterocycles. The predicted octanol–water partition coefficient (Wildman–Crippen LogP) is 3.74. The lowest BCUT2D eigenvalue weighted by molar-refractivity contribution is 0.0989. The summed E-state index contributed by atoms with van der Waals surface area (Å²) in [6.45, 7) is 0.639. The highest BCUT2D eigenvalue weighted by Gasteiger charge is 2.27. The lowest BCUT2D eigenvalue weighted by Gasteiger charge is -2.29. The Hall–Kier alpha value is -2.22. The van der Waals surface area contributed by atoms with E-state index in [0.717, 1.165) is 34.2 Å². The second-order valence-corrected chi connectivity index (χ2v) is 10.0. The van der Waals surface area contributed by atoms with Crippen LogP contribution < -0.4 is 4.90 Å². The molecule has 0 saturated carbocycles. The average molecular weight is 401 g/mol. The Labute approximate surface area is 162 Å². The molecule has 2 aromatic carbocycles. The first-order valence-corrected chi connectivity index (χ1v) is 11.0. The number of sulfonamides is 1. The summed E-state index contributed by atoms with van der Waals surface area (Å²) in [5.74, 6) is -0.0274. The number of hydrogen-bond donors (Lipinski definition) is 0. The van der Waals surface area contributed by atoms with Crippen LogP contribution in [-0.2, 0) is 16.4 Å². The van der Waals surface area contributed by atoms with Crippen molar-refractivity contribution < 1.29 is 13.2 Å². The lowest BCUT2D eigenvalue weighted by atomic mass is 10.0. The molecule has 1 amide bonds. The maximum Gasteiger partial charge on any atom is 0.268 e. The Morgan fingerprint density at radius 1 is 1.11 bits per heavy atom. The molecule has 27 heavy (non-hydrogen) atoms. The fourth-order valence-electron chi connectivity index (χ4n) is 3.38. The molecule has 140 valence electrons. The second-order valence-electron chi connectivity index (χ2n) is 6.79. The Kier molecular flexibility index (Phi) is 4.53. The molecule has 0 unspecified atom stereocenters. The third-order valence-electron chi connectivity index (χ3n) is 4.83. The molecule has 0 saturated heterocycles. The Balaban J connectivity index is 1.72. The van der Waals surface area contributed by atoms with Gasteiger partial charge in [0.25, 0.3) is 5.91 Å². The van der Waals surface area contributed by atoms with Gasteiger partial charge in [-0.2, -0.15) is 0 Å². The molecule has 5 nitrogen and oxygen atoms in total. The summed E-state index contributed by atoms with van der Waals surface area (Å²) in [6.07, 6.45) is 1.58. The maximum absolute atomic E-state index is 13.1. The molecule has 0 atom stereocenters. The van der Waals surface area contributed by atoms with Crippen LogP contribution in [-0.4, -0.2) is 39.3 Å². The van der Waals surface area contributed by atoms with E-state index in [2.05, 4.69) is 0 Å². The number of nitrogens with zero attached hydrogens (tertiary/aromatic N) is 2. The Morgan fingerprint density at radius 2 is 1.89 bits per heavy atom. The van der Waals surface area contributed by atoms with Crippen LogP contribution in [0.25, 0.3) is 10.1 Å². The van der Waals surface area contributed by atoms with Crippen LogP contribution in [0.5, 0.6) is 0 Å². The third kappa shape index (κ3) is 3.16. The lowest BCUT2D eigenvalue weighted by Crippen LogP contribution is -2.35. The molecular formula is C20H20N2O3S2. The van der Waals surface area contributed by atoms with Gasteiger partial charge in [0.2, 0.25) is 10.0 Å². The van der Waals surface area contributed by atoms with Gasteiger partial charge in [-0.1, -0.05) is 18.2 Å². The fourth-order valence-corrected chi connectivity index (χ4v) is 5.34. The van der Waals surface area contributed by atoms with E-state index in [1.165, 1.54) is 29.7 Å². The van der Waals surface area contributed by atoms with Gasteiger partial charge >= 0.3 is 0 Å². The normalized spacial score (nSPS) is 14.6. The van der Waals surface area contributed by atoms with E-state index in [1.54, 1.807) is 23.1 Å². The summed E-state index contributed by atoms with van der Waals surface area (Å²) in [6, 6.07) is 14.9. The first-order chi connectivity index (χ1) is 12.9. The highest BCUT2D eigenvalue weighted by atomic mass is 32.2. The first-order valence-electron chi connectivity index (χ1n) is 8.74. The van der Waals surface area contributed by atoms with E-state index in [1.807, 2.05) is 30.3 Å². The summed E-state index contributed by atoms with van der Waals surface area (Å²) < 4.78 is 27.1. The fraction of sp³-hybridized carbons (Fsp3) is 0.250. The van der Waals surface area contributed by atoms with Gasteiger partial charge in [0, 0.05) is 31.0 Å². The molecule has 0 spiro atoms. The van der Waals surface area contributed by atoms with Gasteiger partial charge in [-0.25, -0.2) is 12.7 Å². The largest absolute Gasteiger partial charge is 0.307 e. The number of benzene rings is 2. The number of amides is 1. The summed E-state index contributed by atoms with van der Waals surface area (Å²) in [7, 11) is -0.446. The minimum Gasteiger partial charge on any atom is -0.307 e. The topological polar surface area (TPSA) is 57.7 Å². The first kappa shape index (κ1) is 18.2. The number of rotatable bonds is 3. The number of carbonyl (C=O) groups is 1. The summed E-state index contributed by atoms with van der Waals surface area (Å²) in [5.41, 5.74) is 1.71. The standard InChI is InChI=1S/C20H20N2O3S2/c1-21(2)27(24,25)16-9-10-17-14(12-16)7-5-11-22(17)20(23)19-13-15-6-3-4-8-18(15)26-19/h3-4,6,8-10,12-13H,5,7,11H2,1-2H3. The maximum atomic E-state index is 13.1. The van der Waals surface area contributed by atoms with Crippen molar-refractivity contribution in [2.75, 3.05) is 25.5 Å². The zero-order valence-corrected chi connectivity index (χ0v) is 16.8. The molecule has 1 aliphatic heterocycles. The number of fused-ring (bicyclic) bond motifs is 2. The van der Waals surface area contributed by atoms with Crippen LogP contribution in [0.2, 0.25) is 0 Å². The summed E-state index contributed by atoms with van der Waals surface area (Å²) in [5, 5.41) is 1.07. The molecular weight excluding hydrogens is 380 g/mol. The van der Waals surface area contributed by atoms with Crippen LogP contribution in [0, 0.1) is 0 Å². The number of carbonyl (C=O) groups excluding carboxylic acids is 1. The molecule has 0 aliphatic carbocycles. The van der Waals surface area contributed by atoms with Crippen molar-refractivity contribution in [3.63, 3.8) is 0 Å². The number of thiophene rings is 1. The average Bonchev–Trinajstić information content (AvgIpc) is 3.10. The van der Waals surface area contributed by atoms with Crippen LogP contribution in [0.3, 0.4) is 0 Å². The monoisotopic (exact) mass is 400 g/mol. The van der Waals surface area contributed by atoms with Crippen molar-refractivity contribution in [2.24, 2.45) is 0 Å². The molecule has 1 aromatic heterocycles. The molecule has 7 heteroatoms. The zero-order valence-electron chi connectivity index (χ0n) is 15.2. The molecule has 3 aromatic rings. The minimum atomic E-state index is -3.49. The van der Waals surface area contributed by atoms with Gasteiger partial charge in [-0.15, -0.1) is 11.3 Å². The second kappa shape index (κ2) is 6.74. The van der Waals surface area contributed by atoms with Crippen molar-refractivity contribution in [2.45, 2.75) is 17.7 Å². The summed E-state index contributed by atoms with van der Waals surface area (Å²) >= 11 is 1.49. The SMILES string of the molecule is CN(C)S(=O)(=O)c1ccc2c(c1)CCCN2C(=O)c1cc2ccccc2s1. The molecule has 0 bridgehead atoms. The zero-order chi connectivity index (χ0) is 19.2. The van der Waals surface area contributed by atoms with Gasteiger partial charge in [0.15, 0.2) is 0 Å². The van der Waals surface area contributed by atoms with Crippen molar-refractivity contribution in [3.8, 4) is 0 Å². The van der Waals surface area contributed by atoms with Crippen molar-refractivity contribution in [1.29, 1.82) is 0 Å². The van der Waals surface area contributed by atoms with Gasteiger partial charge in [-0.05, 0) is 54.1 Å². The van der Waals surface area contributed by atoms with Crippen molar-refractivity contribution in [3.05, 3.63) is 59.0 Å². The van der Waals surface area contributed by atoms with E-state index in [-0.39, 0.29) is 10.8 Å². The predicted molar refractivity (Wildman–Crippen MR) is 109 cm³/mol. The van der Waals surface area contributed by atoms with Gasteiger partial charge < -0.3 is 4.90 Å². The number of hydrogen-bond acceptors (Lipinski definition) is 4. The molecule has 4 rings (SSSR count). The third-order valence-corrected chi connectivity index (χ3v) is 7.74. The van der Waals surface area contributed by atoms with Gasteiger partial charge in [0.1, 0.15) is 0 Å². The smallest absolute Gasteiger partial charge is 0.268 e.